The number of piperidine rings is 1. The number of nitrogens with one attached hydrogen (secondary N) is 1. The molecular formula is C26H29ClFN3O4. The molecule has 2 saturated heterocycles. The third kappa shape index (κ3) is 5.18. The van der Waals surface area contributed by atoms with E-state index in [9.17, 15) is 18.8 Å². The second kappa shape index (κ2) is 10.3. The van der Waals surface area contributed by atoms with Crippen LogP contribution in [-0.2, 0) is 9.53 Å². The molecule has 186 valence electrons. The van der Waals surface area contributed by atoms with Crippen molar-refractivity contribution in [3.63, 3.8) is 0 Å². The Labute approximate surface area is 209 Å². The van der Waals surface area contributed by atoms with E-state index in [1.807, 2.05) is 13.8 Å². The lowest BCUT2D eigenvalue weighted by molar-refractivity contribution is -0.128. The number of halogens is 2. The van der Waals surface area contributed by atoms with E-state index in [2.05, 4.69) is 5.32 Å². The molecule has 2 atom stereocenters. The number of carbonyl (C=O) groups is 3. The van der Waals surface area contributed by atoms with Gasteiger partial charge in [0.05, 0.1) is 6.61 Å². The third-order valence-electron chi connectivity index (χ3n) is 6.78. The van der Waals surface area contributed by atoms with Crippen molar-refractivity contribution < 1.29 is 23.5 Å². The average molecular weight is 502 g/mol. The van der Waals surface area contributed by atoms with Gasteiger partial charge >= 0.3 is 0 Å². The van der Waals surface area contributed by atoms with Gasteiger partial charge in [-0.15, -0.1) is 0 Å². The van der Waals surface area contributed by atoms with Crippen LogP contribution in [0, 0.1) is 5.82 Å². The molecule has 7 nitrogen and oxygen atoms in total. The topological polar surface area (TPSA) is 79.0 Å². The van der Waals surface area contributed by atoms with E-state index in [-0.39, 0.29) is 30.0 Å². The molecule has 0 unspecified atom stereocenters. The van der Waals surface area contributed by atoms with Crippen LogP contribution in [0.5, 0.6) is 0 Å². The molecule has 0 bridgehead atoms. The molecule has 2 aromatic carbocycles. The molecule has 2 aliphatic heterocycles. The lowest BCUT2D eigenvalue weighted by Gasteiger charge is -2.44. The maximum Gasteiger partial charge on any atom is 0.256 e. The van der Waals surface area contributed by atoms with E-state index in [0.29, 0.717) is 36.5 Å². The number of amides is 3. The third-order valence-corrected chi connectivity index (χ3v) is 7.03. The first-order chi connectivity index (χ1) is 16.7. The standard InChI is InChI=1S/C26H29ClFN3O4/c1-3-17(2)29-23(32)22-16-35-26(31(22)25(34)19-5-4-6-21(28)15-19)11-13-30(14-12-26)24(33)18-7-9-20(27)10-8-18/h4-10,15,17,22H,3,11-14,16H2,1-2H3,(H,29,32)/t17-,22+/m0/s1. The van der Waals surface area contributed by atoms with Crippen LogP contribution in [0.15, 0.2) is 48.5 Å². The summed E-state index contributed by atoms with van der Waals surface area (Å²) < 4.78 is 20.1. The maximum absolute atomic E-state index is 13.9. The summed E-state index contributed by atoms with van der Waals surface area (Å²) in [6.45, 7) is 4.57. The molecule has 0 aromatic heterocycles. The minimum atomic E-state index is -1.06. The Hall–Kier alpha value is -2.97. The predicted octanol–water partition coefficient (Wildman–Crippen LogP) is 3.87. The van der Waals surface area contributed by atoms with Crippen LogP contribution in [0.25, 0.3) is 0 Å². The first-order valence-electron chi connectivity index (χ1n) is 11.8. The van der Waals surface area contributed by atoms with Gasteiger partial charge in [0.15, 0.2) is 0 Å². The van der Waals surface area contributed by atoms with Gasteiger partial charge in [0.25, 0.3) is 11.8 Å². The van der Waals surface area contributed by atoms with Gasteiger partial charge in [0.1, 0.15) is 17.6 Å². The summed E-state index contributed by atoms with van der Waals surface area (Å²) in [5.74, 6) is -1.44. The lowest BCUT2D eigenvalue weighted by atomic mass is 9.96. The highest BCUT2D eigenvalue weighted by Crippen LogP contribution is 2.39. The normalized spacial score (nSPS) is 20.1. The molecule has 2 fully saturated rings. The van der Waals surface area contributed by atoms with Crippen LogP contribution < -0.4 is 5.32 Å². The minimum Gasteiger partial charge on any atom is -0.353 e. The molecule has 4 rings (SSSR count). The Morgan fingerprint density at radius 1 is 1.11 bits per heavy atom. The van der Waals surface area contributed by atoms with E-state index in [1.54, 1.807) is 29.2 Å². The van der Waals surface area contributed by atoms with Crippen molar-refractivity contribution in [3.05, 3.63) is 70.5 Å². The Morgan fingerprint density at radius 2 is 1.80 bits per heavy atom. The number of hydrogen-bond acceptors (Lipinski definition) is 4. The first-order valence-corrected chi connectivity index (χ1v) is 12.2. The van der Waals surface area contributed by atoms with E-state index >= 15 is 0 Å². The van der Waals surface area contributed by atoms with Crippen LogP contribution >= 0.6 is 11.6 Å². The molecule has 35 heavy (non-hydrogen) atoms. The number of likely N-dealkylation sites (tertiary alicyclic amines) is 1. The average Bonchev–Trinajstić information content (AvgIpc) is 3.22. The predicted molar refractivity (Wildman–Crippen MR) is 130 cm³/mol. The number of rotatable bonds is 5. The van der Waals surface area contributed by atoms with Crippen LogP contribution in [-0.4, -0.2) is 65.0 Å². The summed E-state index contributed by atoms with van der Waals surface area (Å²) >= 11 is 5.93. The van der Waals surface area contributed by atoms with Crippen molar-refractivity contribution in [1.29, 1.82) is 0 Å². The molecule has 2 heterocycles. The number of hydrogen-bond donors (Lipinski definition) is 1. The molecule has 9 heteroatoms. The fraction of sp³-hybridized carbons (Fsp3) is 0.423. The zero-order chi connectivity index (χ0) is 25.2. The SMILES string of the molecule is CC[C@H](C)NC(=O)[C@H]1COC2(CCN(C(=O)c3ccc(Cl)cc3)CC2)N1C(=O)c1cccc(F)c1. The van der Waals surface area contributed by atoms with Gasteiger partial charge in [-0.3, -0.25) is 19.3 Å². The van der Waals surface area contributed by atoms with Crippen molar-refractivity contribution in [2.45, 2.75) is 50.9 Å². The van der Waals surface area contributed by atoms with Crippen LogP contribution in [0.2, 0.25) is 5.02 Å². The number of ether oxygens (including phenoxy) is 1. The quantitative estimate of drug-likeness (QED) is 0.674. The molecule has 1 spiro atoms. The van der Waals surface area contributed by atoms with E-state index in [0.717, 1.165) is 12.5 Å². The van der Waals surface area contributed by atoms with Gasteiger partial charge in [0.2, 0.25) is 5.91 Å². The number of benzene rings is 2. The van der Waals surface area contributed by atoms with Gasteiger partial charge in [-0.1, -0.05) is 24.6 Å². The second-order valence-electron chi connectivity index (χ2n) is 9.08. The van der Waals surface area contributed by atoms with Gasteiger partial charge in [0, 0.05) is 48.1 Å². The highest BCUT2D eigenvalue weighted by atomic mass is 35.5. The molecule has 0 radical (unpaired) electrons. The monoisotopic (exact) mass is 501 g/mol. The summed E-state index contributed by atoms with van der Waals surface area (Å²) in [6, 6.07) is 11.2. The van der Waals surface area contributed by atoms with Crippen molar-refractivity contribution in [2.75, 3.05) is 19.7 Å². The minimum absolute atomic E-state index is 0.0362. The Morgan fingerprint density at radius 3 is 2.43 bits per heavy atom. The van der Waals surface area contributed by atoms with E-state index < -0.39 is 23.5 Å². The van der Waals surface area contributed by atoms with Gasteiger partial charge < -0.3 is 15.0 Å². The summed E-state index contributed by atoms with van der Waals surface area (Å²) in [5.41, 5.74) is -0.385. The van der Waals surface area contributed by atoms with Gasteiger partial charge in [-0.05, 0) is 55.8 Å². The maximum atomic E-state index is 13.9. The fourth-order valence-electron chi connectivity index (χ4n) is 4.60. The smallest absolute Gasteiger partial charge is 0.256 e. The Bertz CT molecular complexity index is 1100. The van der Waals surface area contributed by atoms with Gasteiger partial charge in [-0.25, -0.2) is 4.39 Å². The van der Waals surface area contributed by atoms with Crippen LogP contribution in [0.3, 0.4) is 0 Å². The van der Waals surface area contributed by atoms with E-state index in [4.69, 9.17) is 16.3 Å². The zero-order valence-electron chi connectivity index (χ0n) is 19.8. The molecular weight excluding hydrogens is 473 g/mol. The van der Waals surface area contributed by atoms with Crippen LogP contribution in [0.4, 0.5) is 4.39 Å². The number of carbonyl (C=O) groups excluding carboxylic acids is 3. The summed E-state index contributed by atoms with van der Waals surface area (Å²) in [5, 5.41) is 3.48. The molecule has 0 aliphatic carbocycles. The largest absolute Gasteiger partial charge is 0.353 e. The highest BCUT2D eigenvalue weighted by Gasteiger charge is 2.54. The van der Waals surface area contributed by atoms with Crippen molar-refractivity contribution in [3.8, 4) is 0 Å². The summed E-state index contributed by atoms with van der Waals surface area (Å²) in [6.07, 6.45) is 1.41. The fourth-order valence-corrected chi connectivity index (χ4v) is 4.73. The van der Waals surface area contributed by atoms with Gasteiger partial charge in [-0.2, -0.15) is 0 Å². The lowest BCUT2D eigenvalue weighted by Crippen LogP contribution is -2.60. The van der Waals surface area contributed by atoms with E-state index in [1.165, 1.54) is 23.1 Å². The van der Waals surface area contributed by atoms with Crippen molar-refractivity contribution in [2.24, 2.45) is 0 Å². The molecule has 0 saturated carbocycles. The molecule has 2 aliphatic rings. The molecule has 2 aromatic rings. The van der Waals surface area contributed by atoms with Crippen molar-refractivity contribution >= 4 is 29.3 Å². The number of nitrogens with zero attached hydrogens (tertiary/aromatic N) is 2. The molecule has 1 N–H and O–H groups in total. The molecule has 3 amide bonds. The summed E-state index contributed by atoms with van der Waals surface area (Å²) in [4.78, 5) is 42.9. The van der Waals surface area contributed by atoms with Crippen LogP contribution in [0.1, 0.15) is 53.8 Å². The Kier molecular flexibility index (Phi) is 7.42. The second-order valence-corrected chi connectivity index (χ2v) is 9.51. The first kappa shape index (κ1) is 25.1. The van der Waals surface area contributed by atoms with Crippen molar-refractivity contribution in [1.82, 2.24) is 15.1 Å². The summed E-state index contributed by atoms with van der Waals surface area (Å²) in [7, 11) is 0. The zero-order valence-corrected chi connectivity index (χ0v) is 20.6. The Balaban J connectivity index is 1.57. The highest BCUT2D eigenvalue weighted by molar-refractivity contribution is 6.30.